The van der Waals surface area contributed by atoms with E-state index in [0.29, 0.717) is 36.2 Å². The summed E-state index contributed by atoms with van der Waals surface area (Å²) in [6.07, 6.45) is 1.69. The van der Waals surface area contributed by atoms with Crippen LogP contribution in [0.5, 0.6) is 0 Å². The highest BCUT2D eigenvalue weighted by Gasteiger charge is 2.28. The molecule has 164 valence electrons. The van der Waals surface area contributed by atoms with Crippen LogP contribution in [0.2, 0.25) is 5.02 Å². The van der Waals surface area contributed by atoms with Gasteiger partial charge in [-0.05, 0) is 49.4 Å². The Morgan fingerprint density at radius 2 is 1.75 bits per heavy atom. The normalized spacial score (nSPS) is 16.0. The van der Waals surface area contributed by atoms with Crippen molar-refractivity contribution in [2.45, 2.75) is 19.9 Å². The summed E-state index contributed by atoms with van der Waals surface area (Å²) in [5.41, 5.74) is 3.11. The second-order valence-corrected chi connectivity index (χ2v) is 8.22. The molecule has 0 unspecified atom stereocenters. The number of nitrogens with zero attached hydrogens (tertiary/aromatic N) is 4. The van der Waals surface area contributed by atoms with Gasteiger partial charge in [-0.3, -0.25) is 9.59 Å². The highest BCUT2D eigenvalue weighted by atomic mass is 35.5. The summed E-state index contributed by atoms with van der Waals surface area (Å²) in [5, 5.41) is 3.85. The number of benzene rings is 2. The third kappa shape index (κ3) is 4.89. The Bertz CT molecular complexity index is 1120. The lowest BCUT2D eigenvalue weighted by atomic mass is 10.1. The van der Waals surface area contributed by atoms with Gasteiger partial charge in [-0.1, -0.05) is 23.7 Å². The monoisotopic (exact) mass is 449 g/mol. The highest BCUT2D eigenvalue weighted by molar-refractivity contribution is 6.30. The lowest BCUT2D eigenvalue weighted by molar-refractivity contribution is -0.132. The van der Waals surface area contributed by atoms with Crippen LogP contribution >= 0.6 is 11.6 Å². The molecular formula is C24H24ClN5O2. The number of amides is 2. The molecule has 3 aromatic rings. The van der Waals surface area contributed by atoms with Crippen molar-refractivity contribution >= 4 is 35.1 Å². The highest BCUT2D eigenvalue weighted by Crippen LogP contribution is 2.22. The summed E-state index contributed by atoms with van der Waals surface area (Å²) >= 11 is 5.96. The number of hydrogen-bond donors (Lipinski definition) is 1. The molecule has 1 fully saturated rings. The van der Waals surface area contributed by atoms with Crippen molar-refractivity contribution in [3.05, 3.63) is 71.4 Å². The second kappa shape index (κ2) is 9.36. The Hall–Kier alpha value is -3.45. The maximum Gasteiger partial charge on any atom is 0.253 e. The van der Waals surface area contributed by atoms with Gasteiger partial charge in [0.15, 0.2) is 0 Å². The van der Waals surface area contributed by atoms with Crippen LogP contribution in [0.1, 0.15) is 24.2 Å². The van der Waals surface area contributed by atoms with Gasteiger partial charge in [-0.2, -0.15) is 0 Å². The van der Waals surface area contributed by atoms with E-state index in [2.05, 4.69) is 15.3 Å². The summed E-state index contributed by atoms with van der Waals surface area (Å²) in [7, 11) is 0. The molecule has 0 radical (unpaired) electrons. The summed E-state index contributed by atoms with van der Waals surface area (Å²) in [4.78, 5) is 37.0. The summed E-state index contributed by atoms with van der Waals surface area (Å²) in [5.74, 6) is 0.473. The molecule has 0 bridgehead atoms. The van der Waals surface area contributed by atoms with Crippen molar-refractivity contribution in [3.8, 4) is 11.3 Å². The van der Waals surface area contributed by atoms with Gasteiger partial charge in [0.25, 0.3) is 5.91 Å². The average Bonchev–Trinajstić information content (AvgIpc) is 2.79. The predicted octanol–water partition coefficient (Wildman–Crippen LogP) is 4.23. The van der Waals surface area contributed by atoms with Crippen molar-refractivity contribution in [1.82, 2.24) is 19.8 Å². The molecule has 8 heteroatoms. The molecule has 1 N–H and O–H groups in total. The zero-order valence-corrected chi connectivity index (χ0v) is 18.7. The Morgan fingerprint density at radius 1 is 1.03 bits per heavy atom. The molecule has 2 amide bonds. The van der Waals surface area contributed by atoms with Crippen molar-refractivity contribution in [1.29, 1.82) is 0 Å². The predicted molar refractivity (Wildman–Crippen MR) is 125 cm³/mol. The van der Waals surface area contributed by atoms with E-state index >= 15 is 0 Å². The topological polar surface area (TPSA) is 78.4 Å². The maximum atomic E-state index is 12.9. The van der Waals surface area contributed by atoms with Crippen LogP contribution in [0, 0.1) is 0 Å². The average molecular weight is 450 g/mol. The van der Waals surface area contributed by atoms with E-state index in [4.69, 9.17) is 11.6 Å². The first-order chi connectivity index (χ1) is 15.4. The van der Waals surface area contributed by atoms with Gasteiger partial charge < -0.3 is 15.1 Å². The van der Waals surface area contributed by atoms with Crippen molar-refractivity contribution in [2.24, 2.45) is 0 Å². The van der Waals surface area contributed by atoms with Crippen LogP contribution in [-0.4, -0.2) is 57.3 Å². The minimum Gasteiger partial charge on any atom is -0.337 e. The van der Waals surface area contributed by atoms with E-state index in [1.54, 1.807) is 35.1 Å². The van der Waals surface area contributed by atoms with E-state index in [0.717, 1.165) is 16.9 Å². The van der Waals surface area contributed by atoms with Gasteiger partial charge in [0.2, 0.25) is 11.9 Å². The molecule has 1 aromatic heterocycles. The standard InChI is InChI=1S/C24H24ClN5O2/c1-16-15-29(13-14-30(16)17(2)31)23(32)19-5-9-21(10-6-19)27-24-26-12-11-22(28-24)18-3-7-20(25)8-4-18/h3-12,16H,13-15H2,1-2H3,(H,26,27,28)/t16-/m1/s1. The van der Waals surface area contributed by atoms with E-state index in [9.17, 15) is 9.59 Å². The lowest BCUT2D eigenvalue weighted by Crippen LogP contribution is -2.54. The maximum absolute atomic E-state index is 12.9. The van der Waals surface area contributed by atoms with Crippen molar-refractivity contribution in [2.75, 3.05) is 25.0 Å². The molecule has 0 saturated carbocycles. The first-order valence-electron chi connectivity index (χ1n) is 10.4. The fourth-order valence-corrected chi connectivity index (χ4v) is 3.94. The van der Waals surface area contributed by atoms with E-state index in [1.165, 1.54) is 0 Å². The molecule has 32 heavy (non-hydrogen) atoms. The van der Waals surface area contributed by atoms with E-state index in [1.807, 2.05) is 49.4 Å². The van der Waals surface area contributed by atoms with Crippen LogP contribution < -0.4 is 5.32 Å². The first kappa shape index (κ1) is 21.8. The van der Waals surface area contributed by atoms with E-state index < -0.39 is 0 Å². The van der Waals surface area contributed by atoms with Gasteiger partial charge in [0.05, 0.1) is 5.69 Å². The molecule has 0 aliphatic carbocycles. The van der Waals surface area contributed by atoms with Crippen LogP contribution in [-0.2, 0) is 4.79 Å². The molecule has 1 saturated heterocycles. The number of nitrogens with one attached hydrogen (secondary N) is 1. The molecule has 2 heterocycles. The van der Waals surface area contributed by atoms with Crippen LogP contribution in [0.4, 0.5) is 11.6 Å². The van der Waals surface area contributed by atoms with Gasteiger partial charge in [0.1, 0.15) is 0 Å². The smallest absolute Gasteiger partial charge is 0.253 e. The molecule has 4 rings (SSSR count). The minimum atomic E-state index is -0.0346. The van der Waals surface area contributed by atoms with Gasteiger partial charge in [-0.15, -0.1) is 0 Å². The van der Waals surface area contributed by atoms with Crippen LogP contribution in [0.25, 0.3) is 11.3 Å². The molecule has 0 spiro atoms. The van der Waals surface area contributed by atoms with Crippen LogP contribution in [0.15, 0.2) is 60.8 Å². The SMILES string of the molecule is CC(=O)N1CCN(C(=O)c2ccc(Nc3nccc(-c4ccc(Cl)cc4)n3)cc2)C[C@H]1C. The number of piperazine rings is 1. The Morgan fingerprint density at radius 3 is 2.41 bits per heavy atom. The lowest BCUT2D eigenvalue weighted by Gasteiger charge is -2.39. The number of carbonyl (C=O) groups is 2. The zero-order valence-electron chi connectivity index (χ0n) is 18.0. The van der Waals surface area contributed by atoms with Crippen molar-refractivity contribution in [3.63, 3.8) is 0 Å². The zero-order chi connectivity index (χ0) is 22.7. The fraction of sp³-hybridized carbons (Fsp3) is 0.250. The molecule has 1 aliphatic heterocycles. The fourth-order valence-electron chi connectivity index (χ4n) is 3.82. The van der Waals surface area contributed by atoms with Crippen LogP contribution in [0.3, 0.4) is 0 Å². The number of aromatic nitrogens is 2. The molecular weight excluding hydrogens is 426 g/mol. The minimum absolute atomic E-state index is 0.0104. The second-order valence-electron chi connectivity index (χ2n) is 7.79. The third-order valence-corrected chi connectivity index (χ3v) is 5.75. The summed E-state index contributed by atoms with van der Waals surface area (Å²) in [6, 6.07) is 16.6. The van der Waals surface area contributed by atoms with Gasteiger partial charge in [-0.25, -0.2) is 9.97 Å². The Labute approximate surface area is 192 Å². The third-order valence-electron chi connectivity index (χ3n) is 5.50. The number of carbonyl (C=O) groups excluding carboxylic acids is 2. The molecule has 7 nitrogen and oxygen atoms in total. The molecule has 1 aliphatic rings. The number of rotatable bonds is 4. The summed E-state index contributed by atoms with van der Waals surface area (Å²) < 4.78 is 0. The largest absolute Gasteiger partial charge is 0.337 e. The van der Waals surface area contributed by atoms with Crippen molar-refractivity contribution < 1.29 is 9.59 Å². The van der Waals surface area contributed by atoms with E-state index in [-0.39, 0.29) is 17.9 Å². The Balaban J connectivity index is 1.42. The molecule has 2 aromatic carbocycles. The molecule has 1 atom stereocenters. The van der Waals surface area contributed by atoms with Gasteiger partial charge >= 0.3 is 0 Å². The van der Waals surface area contributed by atoms with Gasteiger partial charge in [0, 0.05) is 60.6 Å². The number of halogens is 1. The number of anilines is 2. The summed E-state index contributed by atoms with van der Waals surface area (Å²) in [6.45, 7) is 5.15. The number of hydrogen-bond acceptors (Lipinski definition) is 5. The Kier molecular flexibility index (Phi) is 6.37. The first-order valence-corrected chi connectivity index (χ1v) is 10.8. The quantitative estimate of drug-likeness (QED) is 0.644.